The van der Waals surface area contributed by atoms with E-state index < -0.39 is 0 Å². The fourth-order valence-electron chi connectivity index (χ4n) is 3.29. The highest BCUT2D eigenvalue weighted by molar-refractivity contribution is 5.80. The van der Waals surface area contributed by atoms with Gasteiger partial charge in [0.25, 0.3) is 0 Å². The Morgan fingerprint density at radius 2 is 1.65 bits per heavy atom. The number of piperidine rings is 1. The second-order valence-electron chi connectivity index (χ2n) is 6.55. The summed E-state index contributed by atoms with van der Waals surface area (Å²) in [5.41, 5.74) is 1.70. The molecule has 1 aromatic heterocycles. The molecular formula is C20H22FN3O2. The standard InChI is InChI=1S/C20H22FN3O2/c1-14(25)24-12-8-17(9-13-24)20(26)23-19(16-6-10-22-11-7-16)15-2-4-18(21)5-3-15/h2-7,10-11,17,19H,8-9,12-13H2,1H3,(H,23,26)/t19-/m0/s1. The van der Waals surface area contributed by atoms with Crippen LogP contribution in [0.25, 0.3) is 0 Å². The van der Waals surface area contributed by atoms with E-state index in [1.807, 2.05) is 12.1 Å². The summed E-state index contributed by atoms with van der Waals surface area (Å²) in [5.74, 6) is -0.440. The molecule has 26 heavy (non-hydrogen) atoms. The molecule has 0 bridgehead atoms. The summed E-state index contributed by atoms with van der Waals surface area (Å²) in [6.07, 6.45) is 4.64. The number of amides is 2. The minimum atomic E-state index is -0.364. The molecule has 2 amide bonds. The summed E-state index contributed by atoms with van der Waals surface area (Å²) in [5, 5.41) is 3.09. The summed E-state index contributed by atoms with van der Waals surface area (Å²) in [6.45, 7) is 2.75. The van der Waals surface area contributed by atoms with E-state index in [1.165, 1.54) is 12.1 Å². The lowest BCUT2D eigenvalue weighted by Gasteiger charge is -2.31. The van der Waals surface area contributed by atoms with Gasteiger partial charge >= 0.3 is 0 Å². The lowest BCUT2D eigenvalue weighted by Crippen LogP contribution is -2.43. The number of benzene rings is 1. The van der Waals surface area contributed by atoms with Crippen LogP contribution in [-0.2, 0) is 9.59 Å². The molecule has 136 valence electrons. The molecule has 1 aromatic carbocycles. The van der Waals surface area contributed by atoms with E-state index in [0.29, 0.717) is 25.9 Å². The van der Waals surface area contributed by atoms with E-state index >= 15 is 0 Å². The molecule has 3 rings (SSSR count). The van der Waals surface area contributed by atoms with E-state index in [1.54, 1.807) is 36.4 Å². The number of halogens is 1. The Morgan fingerprint density at radius 3 is 2.23 bits per heavy atom. The van der Waals surface area contributed by atoms with Crippen molar-refractivity contribution < 1.29 is 14.0 Å². The van der Waals surface area contributed by atoms with Crippen molar-refractivity contribution in [3.8, 4) is 0 Å². The second-order valence-corrected chi connectivity index (χ2v) is 6.55. The van der Waals surface area contributed by atoms with Crippen molar-refractivity contribution in [3.05, 3.63) is 65.7 Å². The van der Waals surface area contributed by atoms with Crippen molar-refractivity contribution in [2.75, 3.05) is 13.1 Å². The third kappa shape index (κ3) is 4.25. The fraction of sp³-hybridized carbons (Fsp3) is 0.350. The lowest BCUT2D eigenvalue weighted by molar-refractivity contribution is -0.134. The molecule has 1 N–H and O–H groups in total. The molecule has 6 heteroatoms. The van der Waals surface area contributed by atoms with E-state index in [0.717, 1.165) is 11.1 Å². The molecular weight excluding hydrogens is 333 g/mol. The molecule has 0 spiro atoms. The van der Waals surface area contributed by atoms with Gasteiger partial charge in [-0.15, -0.1) is 0 Å². The molecule has 1 aliphatic rings. The van der Waals surface area contributed by atoms with Crippen LogP contribution in [-0.4, -0.2) is 34.8 Å². The normalized spacial score (nSPS) is 16.2. The maximum Gasteiger partial charge on any atom is 0.223 e. The fourth-order valence-corrected chi connectivity index (χ4v) is 3.29. The maximum absolute atomic E-state index is 13.3. The van der Waals surface area contributed by atoms with E-state index in [4.69, 9.17) is 0 Å². The zero-order valence-electron chi connectivity index (χ0n) is 14.7. The van der Waals surface area contributed by atoms with Crippen LogP contribution in [0.5, 0.6) is 0 Å². The smallest absolute Gasteiger partial charge is 0.223 e. The molecule has 5 nitrogen and oxygen atoms in total. The van der Waals surface area contributed by atoms with Crippen LogP contribution in [0.4, 0.5) is 4.39 Å². The van der Waals surface area contributed by atoms with Gasteiger partial charge in [-0.05, 0) is 48.2 Å². The van der Waals surface area contributed by atoms with Gasteiger partial charge < -0.3 is 10.2 Å². The number of nitrogens with one attached hydrogen (secondary N) is 1. The van der Waals surface area contributed by atoms with Crippen LogP contribution in [0, 0.1) is 11.7 Å². The maximum atomic E-state index is 13.3. The molecule has 1 saturated heterocycles. The minimum Gasteiger partial charge on any atom is -0.345 e. The Balaban J connectivity index is 1.75. The average Bonchev–Trinajstić information content (AvgIpc) is 2.67. The zero-order chi connectivity index (χ0) is 18.5. The van der Waals surface area contributed by atoms with Gasteiger partial charge in [-0.1, -0.05) is 12.1 Å². The molecule has 1 fully saturated rings. The first kappa shape index (κ1) is 18.0. The van der Waals surface area contributed by atoms with Gasteiger partial charge in [0.15, 0.2) is 0 Å². The Hall–Kier alpha value is -2.76. The molecule has 0 unspecified atom stereocenters. The van der Waals surface area contributed by atoms with E-state index in [9.17, 15) is 14.0 Å². The van der Waals surface area contributed by atoms with E-state index in [-0.39, 0.29) is 29.6 Å². The Bertz CT molecular complexity index is 756. The van der Waals surface area contributed by atoms with Gasteiger partial charge in [-0.2, -0.15) is 0 Å². The second kappa shape index (κ2) is 8.08. The first-order chi connectivity index (χ1) is 12.5. The average molecular weight is 355 g/mol. The van der Waals surface area contributed by atoms with E-state index in [2.05, 4.69) is 10.3 Å². The van der Waals surface area contributed by atoms with Crippen LogP contribution in [0.2, 0.25) is 0 Å². The number of likely N-dealkylation sites (tertiary alicyclic amines) is 1. The highest BCUT2D eigenvalue weighted by Crippen LogP contribution is 2.24. The van der Waals surface area contributed by atoms with Gasteiger partial charge in [0.1, 0.15) is 5.82 Å². The number of hydrogen-bond acceptors (Lipinski definition) is 3. The topological polar surface area (TPSA) is 62.3 Å². The van der Waals surface area contributed by atoms with Gasteiger partial charge in [-0.3, -0.25) is 14.6 Å². The van der Waals surface area contributed by atoms with Crippen molar-refractivity contribution >= 4 is 11.8 Å². The van der Waals surface area contributed by atoms with Crippen molar-refractivity contribution in [2.45, 2.75) is 25.8 Å². The zero-order valence-corrected chi connectivity index (χ0v) is 14.7. The quantitative estimate of drug-likeness (QED) is 0.917. The summed E-state index contributed by atoms with van der Waals surface area (Å²) in [6, 6.07) is 9.45. The van der Waals surface area contributed by atoms with Crippen molar-refractivity contribution in [1.82, 2.24) is 15.2 Å². The number of rotatable bonds is 4. The minimum absolute atomic E-state index is 0.0423. The van der Waals surface area contributed by atoms with Gasteiger partial charge in [-0.25, -0.2) is 4.39 Å². The molecule has 0 aliphatic carbocycles. The first-order valence-corrected chi connectivity index (χ1v) is 8.76. The molecule has 1 aliphatic heterocycles. The highest BCUT2D eigenvalue weighted by atomic mass is 19.1. The lowest BCUT2D eigenvalue weighted by atomic mass is 9.93. The summed E-state index contributed by atoms with van der Waals surface area (Å²) < 4.78 is 13.3. The highest BCUT2D eigenvalue weighted by Gasteiger charge is 2.28. The summed E-state index contributed by atoms with van der Waals surface area (Å²) >= 11 is 0. The van der Waals surface area contributed by atoms with Crippen LogP contribution >= 0.6 is 0 Å². The number of nitrogens with zero attached hydrogens (tertiary/aromatic N) is 2. The first-order valence-electron chi connectivity index (χ1n) is 8.76. The van der Waals surface area contributed by atoms with Gasteiger partial charge in [0, 0.05) is 38.3 Å². The summed E-state index contributed by atoms with van der Waals surface area (Å²) in [7, 11) is 0. The van der Waals surface area contributed by atoms with Crippen LogP contribution in [0.1, 0.15) is 36.9 Å². The third-order valence-corrected chi connectivity index (χ3v) is 4.84. The van der Waals surface area contributed by atoms with Crippen molar-refractivity contribution in [2.24, 2.45) is 5.92 Å². The predicted molar refractivity (Wildman–Crippen MR) is 95.6 cm³/mol. The molecule has 2 aromatic rings. The molecule has 2 heterocycles. The SMILES string of the molecule is CC(=O)N1CCC(C(=O)N[C@H](c2ccncc2)c2ccc(F)cc2)CC1. The Kier molecular flexibility index (Phi) is 5.61. The van der Waals surface area contributed by atoms with Crippen molar-refractivity contribution in [1.29, 1.82) is 0 Å². The van der Waals surface area contributed by atoms with Crippen LogP contribution < -0.4 is 5.32 Å². The number of aromatic nitrogens is 1. The van der Waals surface area contributed by atoms with Crippen LogP contribution in [0.3, 0.4) is 0 Å². The monoisotopic (exact) mass is 355 g/mol. The largest absolute Gasteiger partial charge is 0.345 e. The number of carbonyl (C=O) groups excluding carboxylic acids is 2. The molecule has 0 radical (unpaired) electrons. The Morgan fingerprint density at radius 1 is 1.08 bits per heavy atom. The number of hydrogen-bond donors (Lipinski definition) is 1. The third-order valence-electron chi connectivity index (χ3n) is 4.84. The molecule has 1 atom stereocenters. The predicted octanol–water partition coefficient (Wildman–Crippen LogP) is 2.68. The Labute approximate surface area is 152 Å². The van der Waals surface area contributed by atoms with Gasteiger partial charge in [0.05, 0.1) is 6.04 Å². The van der Waals surface area contributed by atoms with Crippen molar-refractivity contribution in [3.63, 3.8) is 0 Å². The number of pyridine rings is 1. The number of carbonyl (C=O) groups is 2. The van der Waals surface area contributed by atoms with Crippen LogP contribution in [0.15, 0.2) is 48.8 Å². The summed E-state index contributed by atoms with van der Waals surface area (Å²) in [4.78, 5) is 30.0. The van der Waals surface area contributed by atoms with Gasteiger partial charge in [0.2, 0.25) is 11.8 Å². The molecule has 0 saturated carbocycles.